The molecule has 0 aromatic carbocycles. The van der Waals surface area contributed by atoms with Crippen molar-refractivity contribution in [2.75, 3.05) is 40.4 Å². The number of rotatable bonds is 7. The van der Waals surface area contributed by atoms with Crippen LogP contribution in [0.25, 0.3) is 0 Å². The number of hydrogen-bond donors (Lipinski definition) is 1. The SMILES string of the molecule is C=C(CCO)COC(=O)N(C)CCN(C)C(C)(C)C. The molecule has 112 valence electrons. The second-order valence-electron chi connectivity index (χ2n) is 5.79. The molecule has 0 aromatic rings. The fourth-order valence-electron chi connectivity index (χ4n) is 1.23. The van der Waals surface area contributed by atoms with Crippen LogP contribution in [-0.4, -0.2) is 66.9 Å². The fraction of sp³-hybridized carbons (Fsp3) is 0.786. The zero-order valence-corrected chi connectivity index (χ0v) is 12.9. The number of ether oxygens (including phenoxy) is 1. The van der Waals surface area contributed by atoms with Gasteiger partial charge in [0, 0.05) is 32.3 Å². The molecule has 0 radical (unpaired) electrons. The van der Waals surface area contributed by atoms with Crippen molar-refractivity contribution < 1.29 is 14.6 Å². The minimum Gasteiger partial charge on any atom is -0.445 e. The lowest BCUT2D eigenvalue weighted by Crippen LogP contribution is -2.43. The van der Waals surface area contributed by atoms with Crippen LogP contribution in [0.15, 0.2) is 12.2 Å². The Morgan fingerprint density at radius 1 is 1.26 bits per heavy atom. The molecule has 0 fully saturated rings. The van der Waals surface area contributed by atoms with Crippen molar-refractivity contribution in [3.05, 3.63) is 12.2 Å². The highest BCUT2D eigenvalue weighted by atomic mass is 16.6. The van der Waals surface area contributed by atoms with Crippen molar-refractivity contribution >= 4 is 6.09 Å². The summed E-state index contributed by atoms with van der Waals surface area (Å²) >= 11 is 0. The second kappa shape index (κ2) is 8.17. The Kier molecular flexibility index (Phi) is 7.71. The van der Waals surface area contributed by atoms with Crippen LogP contribution in [0.2, 0.25) is 0 Å². The van der Waals surface area contributed by atoms with Crippen LogP contribution in [-0.2, 0) is 4.74 Å². The van der Waals surface area contributed by atoms with Gasteiger partial charge < -0.3 is 14.7 Å². The molecule has 19 heavy (non-hydrogen) atoms. The summed E-state index contributed by atoms with van der Waals surface area (Å²) in [6.45, 7) is 11.7. The molecule has 0 rings (SSSR count). The fourth-order valence-corrected chi connectivity index (χ4v) is 1.23. The highest BCUT2D eigenvalue weighted by Gasteiger charge is 2.18. The second-order valence-corrected chi connectivity index (χ2v) is 5.79. The molecule has 0 heterocycles. The molecule has 0 aliphatic carbocycles. The molecule has 0 aromatic heterocycles. The van der Waals surface area contributed by atoms with E-state index < -0.39 is 0 Å². The van der Waals surface area contributed by atoms with Gasteiger partial charge in [-0.1, -0.05) is 6.58 Å². The lowest BCUT2D eigenvalue weighted by Gasteiger charge is -2.33. The number of hydrogen-bond acceptors (Lipinski definition) is 4. The maximum Gasteiger partial charge on any atom is 0.409 e. The van der Waals surface area contributed by atoms with Crippen molar-refractivity contribution in [3.8, 4) is 0 Å². The molecule has 0 saturated heterocycles. The van der Waals surface area contributed by atoms with Crippen LogP contribution in [0.4, 0.5) is 4.79 Å². The van der Waals surface area contributed by atoms with E-state index in [9.17, 15) is 4.79 Å². The van der Waals surface area contributed by atoms with E-state index in [1.165, 1.54) is 0 Å². The van der Waals surface area contributed by atoms with Gasteiger partial charge in [-0.15, -0.1) is 0 Å². The quantitative estimate of drug-likeness (QED) is 0.717. The number of carbonyl (C=O) groups excluding carboxylic acids is 1. The van der Waals surface area contributed by atoms with Crippen LogP contribution < -0.4 is 0 Å². The molecular formula is C14H28N2O3. The van der Waals surface area contributed by atoms with E-state index in [0.717, 1.165) is 12.1 Å². The third kappa shape index (κ3) is 7.85. The summed E-state index contributed by atoms with van der Waals surface area (Å²) in [5.41, 5.74) is 0.802. The first-order chi connectivity index (χ1) is 8.68. The number of amides is 1. The zero-order chi connectivity index (χ0) is 15.1. The van der Waals surface area contributed by atoms with E-state index in [1.54, 1.807) is 11.9 Å². The van der Waals surface area contributed by atoms with E-state index >= 15 is 0 Å². The Morgan fingerprint density at radius 3 is 2.32 bits per heavy atom. The topological polar surface area (TPSA) is 53.0 Å². The first kappa shape index (κ1) is 17.9. The Balaban J connectivity index is 3.98. The molecule has 1 N–H and O–H groups in total. The normalized spacial score (nSPS) is 11.5. The van der Waals surface area contributed by atoms with Gasteiger partial charge in [0.1, 0.15) is 6.61 Å². The molecule has 0 spiro atoms. The van der Waals surface area contributed by atoms with Crippen LogP contribution in [0.3, 0.4) is 0 Å². The van der Waals surface area contributed by atoms with Gasteiger partial charge in [-0.2, -0.15) is 0 Å². The Bertz CT molecular complexity index is 298. The number of nitrogens with zero attached hydrogens (tertiary/aromatic N) is 2. The van der Waals surface area contributed by atoms with Crippen LogP contribution in [0.1, 0.15) is 27.2 Å². The summed E-state index contributed by atoms with van der Waals surface area (Å²) in [5, 5.41) is 8.72. The average Bonchev–Trinajstić information content (AvgIpc) is 2.31. The minimum absolute atomic E-state index is 0.0304. The van der Waals surface area contributed by atoms with E-state index in [1.807, 2.05) is 7.05 Å². The molecule has 0 atom stereocenters. The maximum atomic E-state index is 11.7. The maximum absolute atomic E-state index is 11.7. The summed E-state index contributed by atoms with van der Waals surface area (Å²) < 4.78 is 5.09. The molecule has 1 amide bonds. The lowest BCUT2D eigenvalue weighted by molar-refractivity contribution is 0.105. The van der Waals surface area contributed by atoms with Gasteiger partial charge >= 0.3 is 6.09 Å². The number of aliphatic hydroxyl groups excluding tert-OH is 1. The van der Waals surface area contributed by atoms with Crippen molar-refractivity contribution in [2.24, 2.45) is 0 Å². The monoisotopic (exact) mass is 272 g/mol. The van der Waals surface area contributed by atoms with Crippen LogP contribution in [0, 0.1) is 0 Å². The van der Waals surface area contributed by atoms with E-state index in [0.29, 0.717) is 13.0 Å². The van der Waals surface area contributed by atoms with Crippen molar-refractivity contribution in [2.45, 2.75) is 32.7 Å². The van der Waals surface area contributed by atoms with E-state index in [-0.39, 0.29) is 24.8 Å². The highest BCUT2D eigenvalue weighted by molar-refractivity contribution is 5.67. The number of likely N-dealkylation sites (N-methyl/N-ethyl adjacent to an activating group) is 2. The molecule has 0 saturated carbocycles. The van der Waals surface area contributed by atoms with Crippen molar-refractivity contribution in [3.63, 3.8) is 0 Å². The zero-order valence-electron chi connectivity index (χ0n) is 12.9. The first-order valence-corrected chi connectivity index (χ1v) is 6.55. The Morgan fingerprint density at radius 2 is 1.84 bits per heavy atom. The Labute approximate surface area is 116 Å². The summed E-state index contributed by atoms with van der Waals surface area (Å²) in [4.78, 5) is 15.4. The first-order valence-electron chi connectivity index (χ1n) is 6.55. The van der Waals surface area contributed by atoms with Gasteiger partial charge in [0.05, 0.1) is 0 Å². The standard InChI is InChI=1S/C14H28N2O3/c1-12(7-10-17)11-19-13(18)15(5)8-9-16(6)14(2,3)4/h17H,1,7-11H2,2-6H3. The predicted molar refractivity (Wildman–Crippen MR) is 77.2 cm³/mol. The van der Waals surface area contributed by atoms with E-state index in [2.05, 4.69) is 32.3 Å². The smallest absolute Gasteiger partial charge is 0.409 e. The number of carbonyl (C=O) groups is 1. The third-order valence-electron chi connectivity index (χ3n) is 3.09. The van der Waals surface area contributed by atoms with E-state index in [4.69, 9.17) is 9.84 Å². The van der Waals surface area contributed by atoms with Gasteiger partial charge in [0.25, 0.3) is 0 Å². The van der Waals surface area contributed by atoms with Gasteiger partial charge in [-0.25, -0.2) is 4.79 Å². The molecule has 0 bridgehead atoms. The predicted octanol–water partition coefficient (Wildman–Crippen LogP) is 1.72. The van der Waals surface area contributed by atoms with Crippen molar-refractivity contribution in [1.82, 2.24) is 9.80 Å². The van der Waals surface area contributed by atoms with Crippen LogP contribution in [0.5, 0.6) is 0 Å². The van der Waals surface area contributed by atoms with Crippen molar-refractivity contribution in [1.29, 1.82) is 0 Å². The molecule has 0 aliphatic heterocycles. The molecular weight excluding hydrogens is 244 g/mol. The lowest BCUT2D eigenvalue weighted by atomic mass is 10.1. The third-order valence-corrected chi connectivity index (χ3v) is 3.09. The molecule has 5 heteroatoms. The minimum atomic E-state index is -0.360. The summed E-state index contributed by atoms with van der Waals surface area (Å²) in [5.74, 6) is 0. The van der Waals surface area contributed by atoms with Crippen LogP contribution >= 0.6 is 0 Å². The molecule has 0 aliphatic rings. The van der Waals surface area contributed by atoms with Gasteiger partial charge in [0.15, 0.2) is 0 Å². The highest BCUT2D eigenvalue weighted by Crippen LogP contribution is 2.09. The number of aliphatic hydroxyl groups is 1. The summed E-state index contributed by atoms with van der Waals surface area (Å²) in [7, 11) is 3.75. The average molecular weight is 272 g/mol. The summed E-state index contributed by atoms with van der Waals surface area (Å²) in [6, 6.07) is 0. The molecule has 0 unspecified atom stereocenters. The van der Waals surface area contributed by atoms with Gasteiger partial charge in [0.2, 0.25) is 0 Å². The summed E-state index contributed by atoms with van der Waals surface area (Å²) in [6.07, 6.45) is 0.102. The van der Waals surface area contributed by atoms with Gasteiger partial charge in [-0.05, 0) is 39.8 Å². The van der Waals surface area contributed by atoms with Gasteiger partial charge in [-0.3, -0.25) is 4.90 Å². The Hall–Kier alpha value is -1.07. The molecule has 5 nitrogen and oxygen atoms in total. The largest absolute Gasteiger partial charge is 0.445 e.